The number of benzene rings is 1. The van der Waals surface area contributed by atoms with E-state index in [9.17, 15) is 9.59 Å². The van der Waals surface area contributed by atoms with Crippen LogP contribution in [-0.2, 0) is 19.1 Å². The minimum Gasteiger partial charge on any atom is -0.466 e. The Morgan fingerprint density at radius 2 is 2.03 bits per heavy atom. The third-order valence-electron chi connectivity index (χ3n) is 5.30. The van der Waals surface area contributed by atoms with Crippen LogP contribution in [0.5, 0.6) is 0 Å². The Kier molecular flexibility index (Phi) is 6.17. The molecule has 1 atom stereocenters. The number of esters is 1. The minimum absolute atomic E-state index is 0.0233. The van der Waals surface area contributed by atoms with Crippen molar-refractivity contribution in [1.29, 1.82) is 0 Å². The van der Waals surface area contributed by atoms with Gasteiger partial charge in [0, 0.05) is 23.8 Å². The fourth-order valence-electron chi connectivity index (χ4n) is 3.81. The smallest absolute Gasteiger partial charge is 0.338 e. The molecule has 158 valence electrons. The first-order valence-corrected chi connectivity index (χ1v) is 10.9. The summed E-state index contributed by atoms with van der Waals surface area (Å²) in [4.78, 5) is 34.0. The molecule has 0 N–H and O–H groups in total. The summed E-state index contributed by atoms with van der Waals surface area (Å²) in [5, 5.41) is 3.18. The maximum Gasteiger partial charge on any atom is 0.338 e. The van der Waals surface area contributed by atoms with Gasteiger partial charge in [-0.1, -0.05) is 41.6 Å². The topological polar surface area (TPSA) is 71.4 Å². The molecule has 1 amide bonds. The highest BCUT2D eigenvalue weighted by molar-refractivity contribution is 8.16. The predicted octanol–water partition coefficient (Wildman–Crippen LogP) is 3.34. The zero-order valence-electron chi connectivity index (χ0n) is 16.8. The van der Waals surface area contributed by atoms with E-state index in [2.05, 4.69) is 4.99 Å². The molecule has 0 aliphatic carbocycles. The molecule has 4 rings (SSSR count). The van der Waals surface area contributed by atoms with Gasteiger partial charge in [-0.2, -0.15) is 0 Å². The Balaban J connectivity index is 1.71. The lowest BCUT2D eigenvalue weighted by Crippen LogP contribution is -2.42. The van der Waals surface area contributed by atoms with Gasteiger partial charge in [-0.25, -0.2) is 9.79 Å². The van der Waals surface area contributed by atoms with Crippen LogP contribution in [0.3, 0.4) is 0 Å². The number of thioether (sulfide) groups is 1. The normalized spacial score (nSPS) is 21.2. The Morgan fingerprint density at radius 3 is 2.73 bits per heavy atom. The summed E-state index contributed by atoms with van der Waals surface area (Å²) >= 11 is 7.97. The van der Waals surface area contributed by atoms with Crippen LogP contribution in [0.15, 0.2) is 51.6 Å². The molecule has 3 aliphatic heterocycles. The summed E-state index contributed by atoms with van der Waals surface area (Å²) in [6, 6.07) is 6.88. The summed E-state index contributed by atoms with van der Waals surface area (Å²) in [6.45, 7) is 4.05. The number of rotatable bonds is 4. The van der Waals surface area contributed by atoms with Crippen molar-refractivity contribution in [2.24, 2.45) is 4.99 Å². The molecule has 0 bridgehead atoms. The number of nitrogens with zero attached hydrogens (tertiary/aromatic N) is 3. The van der Waals surface area contributed by atoms with Gasteiger partial charge in [-0.05, 0) is 24.0 Å². The van der Waals surface area contributed by atoms with Crippen molar-refractivity contribution in [3.63, 3.8) is 0 Å². The third kappa shape index (κ3) is 3.87. The van der Waals surface area contributed by atoms with Crippen LogP contribution in [0.1, 0.15) is 24.9 Å². The monoisotopic (exact) mass is 447 g/mol. The largest absolute Gasteiger partial charge is 0.466 e. The highest BCUT2D eigenvalue weighted by atomic mass is 35.5. The van der Waals surface area contributed by atoms with Crippen LogP contribution in [0.25, 0.3) is 0 Å². The molecule has 0 aromatic heterocycles. The predicted molar refractivity (Wildman–Crippen MR) is 116 cm³/mol. The average Bonchev–Trinajstić information content (AvgIpc) is 3.15. The van der Waals surface area contributed by atoms with E-state index in [0.717, 1.165) is 16.4 Å². The number of halogens is 1. The maximum absolute atomic E-state index is 12.9. The van der Waals surface area contributed by atoms with Crippen molar-refractivity contribution in [2.75, 3.05) is 33.4 Å². The molecule has 0 spiro atoms. The highest BCUT2D eigenvalue weighted by Crippen LogP contribution is 2.46. The fourth-order valence-corrected chi connectivity index (χ4v) is 5.01. The number of allylic oxidation sites excluding steroid dienone is 1. The van der Waals surface area contributed by atoms with E-state index in [4.69, 9.17) is 21.1 Å². The number of ether oxygens (including phenoxy) is 2. The number of hydrogen-bond acceptors (Lipinski definition) is 7. The van der Waals surface area contributed by atoms with E-state index < -0.39 is 12.0 Å². The summed E-state index contributed by atoms with van der Waals surface area (Å²) < 4.78 is 10.4. The van der Waals surface area contributed by atoms with Crippen molar-refractivity contribution in [3.8, 4) is 0 Å². The molecular weight excluding hydrogens is 426 g/mol. The number of amides is 1. The van der Waals surface area contributed by atoms with Gasteiger partial charge >= 0.3 is 5.97 Å². The van der Waals surface area contributed by atoms with Gasteiger partial charge in [0.1, 0.15) is 0 Å². The van der Waals surface area contributed by atoms with Gasteiger partial charge in [0.15, 0.2) is 5.17 Å². The second-order valence-corrected chi connectivity index (χ2v) is 8.32. The second kappa shape index (κ2) is 8.83. The number of methoxy groups -OCH3 is 1. The lowest BCUT2D eigenvalue weighted by Gasteiger charge is -2.37. The first-order chi connectivity index (χ1) is 14.5. The maximum atomic E-state index is 12.9. The van der Waals surface area contributed by atoms with Crippen LogP contribution >= 0.6 is 23.4 Å². The standard InChI is InChI=1S/C21H22ClN3O4S/c1-13-18(20(27)28-2)19(15-5-3-4-6-16(15)22)25-14(12-30-21(25)23-13)11-17(26)24-7-9-29-10-8-24/h3-6,12,19H,7-11H2,1-2H3. The Labute approximate surface area is 184 Å². The number of carbonyl (C=O) groups is 2. The van der Waals surface area contributed by atoms with Crippen LogP contribution < -0.4 is 0 Å². The van der Waals surface area contributed by atoms with Gasteiger partial charge in [0.05, 0.1) is 44.1 Å². The van der Waals surface area contributed by atoms with E-state index in [1.807, 2.05) is 28.5 Å². The van der Waals surface area contributed by atoms with E-state index in [-0.39, 0.29) is 12.3 Å². The zero-order chi connectivity index (χ0) is 21.3. The summed E-state index contributed by atoms with van der Waals surface area (Å²) in [7, 11) is 1.35. The Morgan fingerprint density at radius 1 is 1.30 bits per heavy atom. The Bertz CT molecular complexity index is 969. The minimum atomic E-state index is -0.516. The van der Waals surface area contributed by atoms with Crippen molar-refractivity contribution >= 4 is 40.4 Å². The van der Waals surface area contributed by atoms with E-state index in [1.165, 1.54) is 18.9 Å². The van der Waals surface area contributed by atoms with Gasteiger partial charge in [0.25, 0.3) is 0 Å². The summed E-state index contributed by atoms with van der Waals surface area (Å²) in [6.07, 6.45) is 0.209. The van der Waals surface area contributed by atoms with Crippen molar-refractivity contribution in [2.45, 2.75) is 19.4 Å². The molecule has 3 heterocycles. The molecule has 9 heteroatoms. The summed E-state index contributed by atoms with van der Waals surface area (Å²) in [5.41, 5.74) is 2.55. The van der Waals surface area contributed by atoms with Gasteiger partial charge < -0.3 is 19.3 Å². The van der Waals surface area contributed by atoms with Crippen molar-refractivity contribution < 1.29 is 19.1 Å². The van der Waals surface area contributed by atoms with Crippen LogP contribution in [0.2, 0.25) is 5.02 Å². The lowest BCUT2D eigenvalue weighted by molar-refractivity contribution is -0.136. The average molecular weight is 448 g/mol. The fraction of sp³-hybridized carbons (Fsp3) is 0.381. The van der Waals surface area contributed by atoms with Crippen LogP contribution in [0.4, 0.5) is 0 Å². The molecule has 0 radical (unpaired) electrons. The quantitative estimate of drug-likeness (QED) is 0.659. The molecule has 1 aromatic rings. The number of carbonyl (C=O) groups excluding carboxylic acids is 2. The first kappa shape index (κ1) is 21.0. The number of amidine groups is 1. The molecular formula is C21H22ClN3O4S. The van der Waals surface area contributed by atoms with Gasteiger partial charge in [-0.3, -0.25) is 4.79 Å². The van der Waals surface area contributed by atoms with Gasteiger partial charge in [-0.15, -0.1) is 0 Å². The molecule has 7 nitrogen and oxygen atoms in total. The molecule has 1 saturated heterocycles. The number of morpholine rings is 1. The molecule has 1 fully saturated rings. The van der Waals surface area contributed by atoms with E-state index in [1.54, 1.807) is 17.9 Å². The number of hydrogen-bond donors (Lipinski definition) is 0. The van der Waals surface area contributed by atoms with E-state index in [0.29, 0.717) is 42.6 Å². The molecule has 1 aromatic carbocycles. The molecule has 3 aliphatic rings. The molecule has 30 heavy (non-hydrogen) atoms. The summed E-state index contributed by atoms with van der Waals surface area (Å²) in [5.74, 6) is -0.439. The second-order valence-electron chi connectivity index (χ2n) is 7.08. The molecule has 0 saturated carbocycles. The van der Waals surface area contributed by atoms with E-state index >= 15 is 0 Å². The van der Waals surface area contributed by atoms with Crippen LogP contribution in [-0.4, -0.2) is 60.3 Å². The zero-order valence-corrected chi connectivity index (χ0v) is 18.3. The molecule has 1 unspecified atom stereocenters. The highest BCUT2D eigenvalue weighted by Gasteiger charge is 2.42. The number of aliphatic imine (C=N–C) groups is 1. The third-order valence-corrected chi connectivity index (χ3v) is 6.53. The van der Waals surface area contributed by atoms with Crippen LogP contribution in [0, 0.1) is 0 Å². The van der Waals surface area contributed by atoms with Crippen molar-refractivity contribution in [3.05, 3.63) is 57.2 Å². The lowest BCUT2D eigenvalue weighted by atomic mass is 9.93. The van der Waals surface area contributed by atoms with Gasteiger partial charge in [0.2, 0.25) is 5.91 Å². The number of fused-ring (bicyclic) bond motifs is 1. The Hall–Kier alpha value is -2.29. The SMILES string of the molecule is COC(=O)C1=C(C)N=C2SC=C(CC(=O)N3CCOCC3)N2C1c1ccccc1Cl. The first-order valence-electron chi connectivity index (χ1n) is 9.64. The van der Waals surface area contributed by atoms with Crippen molar-refractivity contribution in [1.82, 2.24) is 9.80 Å².